The minimum Gasteiger partial charge on any atom is -0.493 e. The SMILES string of the molecule is COc1c([C@@H]2[C@@H](C)[C@H](C)O[C@@H]2C(=O)Nc2ccnc(C(C)=O)c2)ccc(F)c1F. The molecule has 0 unspecified atom stereocenters. The second-order valence-electron chi connectivity index (χ2n) is 7.11. The van der Waals surface area contributed by atoms with E-state index in [9.17, 15) is 18.4 Å². The second-order valence-corrected chi connectivity index (χ2v) is 7.11. The topological polar surface area (TPSA) is 77.5 Å². The molecule has 3 rings (SSSR count). The fourth-order valence-corrected chi connectivity index (χ4v) is 3.61. The highest BCUT2D eigenvalue weighted by Gasteiger charge is 2.46. The normalized spacial score (nSPS) is 23.7. The number of carbonyl (C=O) groups excluding carboxylic acids is 2. The van der Waals surface area contributed by atoms with Gasteiger partial charge in [-0.25, -0.2) is 4.39 Å². The van der Waals surface area contributed by atoms with Crippen molar-refractivity contribution in [2.75, 3.05) is 12.4 Å². The van der Waals surface area contributed by atoms with Gasteiger partial charge in [0.1, 0.15) is 11.8 Å². The lowest BCUT2D eigenvalue weighted by atomic mass is 9.82. The van der Waals surface area contributed by atoms with E-state index in [1.54, 1.807) is 6.07 Å². The first-order valence-corrected chi connectivity index (χ1v) is 9.19. The largest absolute Gasteiger partial charge is 0.493 e. The van der Waals surface area contributed by atoms with Crippen molar-refractivity contribution in [2.45, 2.75) is 38.9 Å². The van der Waals surface area contributed by atoms with Crippen LogP contribution in [0.3, 0.4) is 0 Å². The molecule has 1 aliphatic rings. The van der Waals surface area contributed by atoms with Crippen LogP contribution in [0.15, 0.2) is 30.5 Å². The van der Waals surface area contributed by atoms with Crippen molar-refractivity contribution in [3.63, 3.8) is 0 Å². The van der Waals surface area contributed by atoms with E-state index >= 15 is 0 Å². The Bertz CT molecular complexity index is 950. The number of amides is 1. The number of pyridine rings is 1. The van der Waals surface area contributed by atoms with Crippen LogP contribution >= 0.6 is 0 Å². The minimum atomic E-state index is -1.10. The monoisotopic (exact) mass is 404 g/mol. The summed E-state index contributed by atoms with van der Waals surface area (Å²) in [6.45, 7) is 5.07. The van der Waals surface area contributed by atoms with Gasteiger partial charge in [0.2, 0.25) is 5.82 Å². The lowest BCUT2D eigenvalue weighted by molar-refractivity contribution is -0.127. The Labute approximate surface area is 167 Å². The maximum Gasteiger partial charge on any atom is 0.254 e. The molecule has 0 bridgehead atoms. The standard InChI is InChI=1S/C21H22F2N2O4/c1-10-12(3)29-20(17(10)14-5-6-15(22)18(23)19(14)28-4)21(27)25-13-7-8-24-16(9-13)11(2)26/h5-10,12,17,20H,1-4H3,(H,24,25,27)/t10-,12-,17-,20-/m0/s1. The van der Waals surface area contributed by atoms with E-state index in [-0.39, 0.29) is 29.2 Å². The molecule has 2 aromatic rings. The maximum atomic E-state index is 14.3. The highest BCUT2D eigenvalue weighted by Crippen LogP contribution is 2.44. The van der Waals surface area contributed by atoms with Gasteiger partial charge in [-0.1, -0.05) is 13.0 Å². The number of methoxy groups -OCH3 is 1. The molecule has 0 spiro atoms. The number of anilines is 1. The number of carbonyl (C=O) groups is 2. The quantitative estimate of drug-likeness (QED) is 0.769. The van der Waals surface area contributed by atoms with Crippen molar-refractivity contribution in [2.24, 2.45) is 5.92 Å². The van der Waals surface area contributed by atoms with Crippen molar-refractivity contribution in [1.29, 1.82) is 0 Å². The van der Waals surface area contributed by atoms with Gasteiger partial charge in [0.15, 0.2) is 17.3 Å². The summed E-state index contributed by atoms with van der Waals surface area (Å²) in [6.07, 6.45) is 0.176. The molecule has 8 heteroatoms. The predicted molar refractivity (Wildman–Crippen MR) is 102 cm³/mol. The minimum absolute atomic E-state index is 0.158. The number of halogens is 2. The van der Waals surface area contributed by atoms with Crippen molar-refractivity contribution in [3.05, 3.63) is 53.4 Å². The lowest BCUT2D eigenvalue weighted by Gasteiger charge is -2.23. The average molecular weight is 404 g/mol. The predicted octanol–water partition coefficient (Wildman–Crippen LogP) is 3.72. The molecule has 0 saturated carbocycles. The zero-order valence-corrected chi connectivity index (χ0v) is 16.5. The first-order chi connectivity index (χ1) is 13.7. The molecule has 6 nitrogen and oxygen atoms in total. The molecular weight excluding hydrogens is 382 g/mol. The van der Waals surface area contributed by atoms with E-state index in [2.05, 4.69) is 10.3 Å². The molecule has 154 valence electrons. The van der Waals surface area contributed by atoms with E-state index in [1.807, 2.05) is 13.8 Å². The van der Waals surface area contributed by atoms with Gasteiger partial charge >= 0.3 is 0 Å². The second kappa shape index (κ2) is 8.24. The van der Waals surface area contributed by atoms with Gasteiger partial charge in [-0.3, -0.25) is 14.6 Å². The lowest BCUT2D eigenvalue weighted by Crippen LogP contribution is -2.33. The van der Waals surface area contributed by atoms with Crippen molar-refractivity contribution in [3.8, 4) is 5.75 Å². The fraction of sp³-hybridized carbons (Fsp3) is 0.381. The van der Waals surface area contributed by atoms with E-state index < -0.39 is 29.6 Å². The van der Waals surface area contributed by atoms with Crippen LogP contribution in [0.5, 0.6) is 5.75 Å². The van der Waals surface area contributed by atoms with Gasteiger partial charge in [-0.15, -0.1) is 0 Å². The summed E-state index contributed by atoms with van der Waals surface area (Å²) in [6, 6.07) is 5.45. The number of hydrogen-bond acceptors (Lipinski definition) is 5. The highest BCUT2D eigenvalue weighted by molar-refractivity contribution is 5.97. The smallest absolute Gasteiger partial charge is 0.254 e. The Balaban J connectivity index is 1.94. The number of nitrogens with one attached hydrogen (secondary N) is 1. The third-order valence-electron chi connectivity index (χ3n) is 5.28. The van der Waals surface area contributed by atoms with Gasteiger partial charge < -0.3 is 14.8 Å². The Hall–Kier alpha value is -2.87. The summed E-state index contributed by atoms with van der Waals surface area (Å²) in [5.74, 6) is -3.77. The average Bonchev–Trinajstić information content (AvgIpc) is 2.99. The van der Waals surface area contributed by atoms with Crippen molar-refractivity contribution < 1.29 is 27.8 Å². The molecule has 1 aliphatic heterocycles. The van der Waals surface area contributed by atoms with Crippen molar-refractivity contribution >= 4 is 17.4 Å². The third kappa shape index (κ3) is 3.98. The number of nitrogens with zero attached hydrogens (tertiary/aromatic N) is 1. The maximum absolute atomic E-state index is 14.3. The van der Waals surface area contributed by atoms with Gasteiger partial charge in [-0.05, 0) is 31.0 Å². The van der Waals surface area contributed by atoms with Crippen LogP contribution in [-0.4, -0.2) is 36.0 Å². The van der Waals surface area contributed by atoms with Crippen molar-refractivity contribution in [1.82, 2.24) is 4.98 Å². The van der Waals surface area contributed by atoms with E-state index in [4.69, 9.17) is 9.47 Å². The van der Waals surface area contributed by atoms with Gasteiger partial charge in [0, 0.05) is 30.3 Å². The number of rotatable bonds is 5. The Morgan fingerprint density at radius 3 is 2.59 bits per heavy atom. The van der Waals surface area contributed by atoms with E-state index in [0.717, 1.165) is 6.07 Å². The van der Waals surface area contributed by atoms with Gasteiger partial charge in [0.25, 0.3) is 5.91 Å². The van der Waals surface area contributed by atoms with E-state index in [0.29, 0.717) is 11.3 Å². The van der Waals surface area contributed by atoms with Gasteiger partial charge in [-0.2, -0.15) is 4.39 Å². The van der Waals surface area contributed by atoms with Crippen LogP contribution in [0, 0.1) is 17.6 Å². The summed E-state index contributed by atoms with van der Waals surface area (Å²) in [5.41, 5.74) is 0.972. The van der Waals surface area contributed by atoms with Crippen LogP contribution in [0.2, 0.25) is 0 Å². The first kappa shape index (κ1) is 20.9. The Morgan fingerprint density at radius 1 is 1.21 bits per heavy atom. The van der Waals surface area contributed by atoms with Crippen LogP contribution in [0.4, 0.5) is 14.5 Å². The number of aromatic nitrogens is 1. The number of Topliss-reactive ketones (excluding diaryl/α,β-unsaturated/α-hetero) is 1. The molecule has 0 aliphatic carbocycles. The van der Waals surface area contributed by atoms with E-state index in [1.165, 1.54) is 32.4 Å². The molecular formula is C21H22F2N2O4. The summed E-state index contributed by atoms with van der Waals surface area (Å²) in [7, 11) is 1.25. The first-order valence-electron chi connectivity index (χ1n) is 9.19. The Kier molecular flexibility index (Phi) is 5.93. The number of ketones is 1. The summed E-state index contributed by atoms with van der Waals surface area (Å²) < 4.78 is 38.9. The molecule has 1 N–H and O–H groups in total. The van der Waals surface area contributed by atoms with Crippen LogP contribution in [-0.2, 0) is 9.53 Å². The molecule has 1 amide bonds. The highest BCUT2D eigenvalue weighted by atomic mass is 19.2. The van der Waals surface area contributed by atoms with Crippen LogP contribution in [0.1, 0.15) is 42.7 Å². The molecule has 29 heavy (non-hydrogen) atoms. The number of benzene rings is 1. The summed E-state index contributed by atoms with van der Waals surface area (Å²) in [5, 5.41) is 2.72. The third-order valence-corrected chi connectivity index (χ3v) is 5.28. The summed E-state index contributed by atoms with van der Waals surface area (Å²) >= 11 is 0. The Morgan fingerprint density at radius 2 is 1.93 bits per heavy atom. The zero-order chi connectivity index (χ0) is 21.3. The molecule has 1 fully saturated rings. The number of ether oxygens (including phenoxy) is 2. The van der Waals surface area contributed by atoms with Crippen LogP contribution < -0.4 is 10.1 Å². The molecule has 1 saturated heterocycles. The van der Waals surface area contributed by atoms with Gasteiger partial charge in [0.05, 0.1) is 13.2 Å². The van der Waals surface area contributed by atoms with Crippen LogP contribution in [0.25, 0.3) is 0 Å². The molecule has 1 aromatic heterocycles. The summed E-state index contributed by atoms with van der Waals surface area (Å²) in [4.78, 5) is 28.4. The molecule has 0 radical (unpaired) electrons. The zero-order valence-electron chi connectivity index (χ0n) is 16.5. The fourth-order valence-electron chi connectivity index (χ4n) is 3.61. The molecule has 1 aromatic carbocycles. The molecule has 4 atom stereocenters. The molecule has 2 heterocycles. The number of hydrogen-bond donors (Lipinski definition) is 1.